The molecule has 1 heterocycles. The van der Waals surface area contributed by atoms with Gasteiger partial charge in [-0.25, -0.2) is 4.39 Å². The summed E-state index contributed by atoms with van der Waals surface area (Å²) in [5, 5.41) is 11.6. The molecule has 21 heavy (non-hydrogen) atoms. The number of hydrogen-bond acceptors (Lipinski definition) is 2. The number of furan rings is 1. The second kappa shape index (κ2) is 5.34. The average Bonchev–Trinajstić information content (AvgIpc) is 2.94. The van der Waals surface area contributed by atoms with Crippen molar-refractivity contribution in [3.05, 3.63) is 71.7 Å². The summed E-state index contributed by atoms with van der Waals surface area (Å²) in [5.74, 6) is 0.00543. The monoisotopic (exact) mass is 284 g/mol. The Kier molecular flexibility index (Phi) is 3.52. The first kappa shape index (κ1) is 13.8. The molecule has 2 aromatic carbocycles. The molecule has 0 saturated heterocycles. The molecule has 2 nitrogen and oxygen atoms in total. The van der Waals surface area contributed by atoms with Crippen molar-refractivity contribution in [3.63, 3.8) is 0 Å². The molecule has 0 aliphatic rings. The van der Waals surface area contributed by atoms with E-state index in [0.717, 1.165) is 5.56 Å². The molecule has 0 spiro atoms. The first-order chi connectivity index (χ1) is 10.1. The van der Waals surface area contributed by atoms with Crippen molar-refractivity contribution >= 4 is 11.0 Å². The molecule has 3 aromatic rings. The molecule has 1 unspecified atom stereocenters. The maximum atomic E-state index is 13.7. The number of halogens is 1. The molecule has 1 atom stereocenters. The Balaban J connectivity index is 2.02. The Bertz CT molecular complexity index is 748. The van der Waals surface area contributed by atoms with Gasteiger partial charge in [-0.2, -0.15) is 0 Å². The van der Waals surface area contributed by atoms with E-state index in [2.05, 4.69) is 0 Å². The number of hydrogen-bond donors (Lipinski definition) is 1. The van der Waals surface area contributed by atoms with Gasteiger partial charge in [0.25, 0.3) is 0 Å². The second-order valence-electron chi connectivity index (χ2n) is 5.32. The number of benzene rings is 2. The van der Waals surface area contributed by atoms with E-state index in [4.69, 9.17) is 4.42 Å². The van der Waals surface area contributed by atoms with Crippen molar-refractivity contribution in [3.8, 4) is 0 Å². The van der Waals surface area contributed by atoms with Crippen molar-refractivity contribution in [1.29, 1.82) is 0 Å². The number of fused-ring (bicyclic) bond motifs is 1. The van der Waals surface area contributed by atoms with Crippen molar-refractivity contribution in [2.75, 3.05) is 0 Å². The van der Waals surface area contributed by atoms with Gasteiger partial charge in [-0.15, -0.1) is 0 Å². The molecule has 1 N–H and O–H groups in total. The molecule has 0 aliphatic heterocycles. The van der Waals surface area contributed by atoms with E-state index in [1.165, 1.54) is 6.07 Å². The molecular formula is C18H17FO2. The van der Waals surface area contributed by atoms with E-state index >= 15 is 0 Å². The van der Waals surface area contributed by atoms with E-state index < -0.39 is 11.4 Å². The zero-order chi connectivity index (χ0) is 14.9. The maximum Gasteiger partial charge on any atom is 0.170 e. The van der Waals surface area contributed by atoms with E-state index in [1.54, 1.807) is 18.2 Å². The quantitative estimate of drug-likeness (QED) is 0.769. The Hall–Kier alpha value is -2.13. The largest absolute Gasteiger partial charge is 0.455 e. The van der Waals surface area contributed by atoms with Crippen LogP contribution in [-0.2, 0) is 12.0 Å². The third-order valence-corrected chi connectivity index (χ3v) is 3.88. The Morgan fingerprint density at radius 3 is 2.52 bits per heavy atom. The lowest BCUT2D eigenvalue weighted by Gasteiger charge is -2.24. The third kappa shape index (κ3) is 2.57. The first-order valence-electron chi connectivity index (χ1n) is 7.07. The highest BCUT2D eigenvalue weighted by Crippen LogP contribution is 2.34. The molecule has 1 aromatic heterocycles. The van der Waals surface area contributed by atoms with Crippen molar-refractivity contribution in [1.82, 2.24) is 0 Å². The predicted octanol–water partition coefficient (Wildman–Crippen LogP) is 4.41. The summed E-state index contributed by atoms with van der Waals surface area (Å²) >= 11 is 0. The van der Waals surface area contributed by atoms with E-state index in [1.807, 2.05) is 37.3 Å². The standard InChI is InChI=1S/C18H17FO2/c1-2-18(20,12-13-7-4-3-5-8-13)16-11-14-9-6-10-15(19)17(14)21-16/h3-11,20H,2,12H2,1H3. The van der Waals surface area contributed by atoms with Crippen LogP contribution in [0, 0.1) is 5.82 Å². The van der Waals surface area contributed by atoms with Crippen LogP contribution in [0.2, 0.25) is 0 Å². The van der Waals surface area contributed by atoms with Crippen LogP contribution in [0.4, 0.5) is 4.39 Å². The molecule has 0 saturated carbocycles. The minimum absolute atomic E-state index is 0.201. The summed E-state index contributed by atoms with van der Waals surface area (Å²) in [6.45, 7) is 1.90. The van der Waals surface area contributed by atoms with Gasteiger partial charge in [0, 0.05) is 11.8 Å². The zero-order valence-corrected chi connectivity index (χ0v) is 11.8. The van der Waals surface area contributed by atoms with Crippen LogP contribution in [0.15, 0.2) is 59.0 Å². The minimum Gasteiger partial charge on any atom is -0.455 e. The molecule has 108 valence electrons. The fraction of sp³-hybridized carbons (Fsp3) is 0.222. The van der Waals surface area contributed by atoms with Gasteiger partial charge in [-0.1, -0.05) is 49.4 Å². The highest BCUT2D eigenvalue weighted by atomic mass is 19.1. The van der Waals surface area contributed by atoms with E-state index in [0.29, 0.717) is 24.0 Å². The highest BCUT2D eigenvalue weighted by Gasteiger charge is 2.31. The molecule has 0 aliphatic carbocycles. The number of rotatable bonds is 4. The lowest BCUT2D eigenvalue weighted by Crippen LogP contribution is -2.27. The molecular weight excluding hydrogens is 267 g/mol. The fourth-order valence-corrected chi connectivity index (χ4v) is 2.58. The number of aliphatic hydroxyl groups is 1. The van der Waals surface area contributed by atoms with Crippen molar-refractivity contribution in [2.24, 2.45) is 0 Å². The van der Waals surface area contributed by atoms with E-state index in [9.17, 15) is 9.50 Å². The van der Waals surface area contributed by atoms with Gasteiger partial charge in [0.15, 0.2) is 11.4 Å². The Labute approximate surface area is 122 Å². The lowest BCUT2D eigenvalue weighted by molar-refractivity contribution is 0.0123. The van der Waals surface area contributed by atoms with Gasteiger partial charge in [-0.3, -0.25) is 0 Å². The smallest absolute Gasteiger partial charge is 0.170 e. The van der Waals surface area contributed by atoms with E-state index in [-0.39, 0.29) is 5.58 Å². The molecule has 3 heteroatoms. The number of para-hydroxylation sites is 1. The predicted molar refractivity (Wildman–Crippen MR) is 80.5 cm³/mol. The summed E-state index contributed by atoms with van der Waals surface area (Å²) in [7, 11) is 0. The fourth-order valence-electron chi connectivity index (χ4n) is 2.58. The van der Waals surface area contributed by atoms with Crippen molar-refractivity contribution in [2.45, 2.75) is 25.4 Å². The lowest BCUT2D eigenvalue weighted by atomic mass is 9.89. The van der Waals surface area contributed by atoms with Gasteiger partial charge < -0.3 is 9.52 Å². The highest BCUT2D eigenvalue weighted by molar-refractivity contribution is 5.78. The summed E-state index contributed by atoms with van der Waals surface area (Å²) in [4.78, 5) is 0. The SMILES string of the molecule is CCC(O)(Cc1ccccc1)c1cc2cccc(F)c2o1. The van der Waals surface area contributed by atoms with Crippen LogP contribution >= 0.6 is 0 Å². The zero-order valence-electron chi connectivity index (χ0n) is 11.8. The van der Waals surface area contributed by atoms with Crippen LogP contribution in [0.1, 0.15) is 24.7 Å². The van der Waals surface area contributed by atoms with Gasteiger partial charge >= 0.3 is 0 Å². The topological polar surface area (TPSA) is 33.4 Å². The van der Waals surface area contributed by atoms with Crippen molar-refractivity contribution < 1.29 is 13.9 Å². The van der Waals surface area contributed by atoms with Crippen LogP contribution in [0.3, 0.4) is 0 Å². The van der Waals surface area contributed by atoms with Crippen LogP contribution in [0.25, 0.3) is 11.0 Å². The molecule has 0 amide bonds. The summed E-state index contributed by atoms with van der Waals surface area (Å²) in [5.41, 5.74) is 0.0857. The summed E-state index contributed by atoms with van der Waals surface area (Å²) < 4.78 is 19.3. The van der Waals surface area contributed by atoms with Gasteiger partial charge in [0.1, 0.15) is 11.4 Å². The van der Waals surface area contributed by atoms with Gasteiger partial charge in [0.05, 0.1) is 0 Å². The first-order valence-corrected chi connectivity index (χ1v) is 7.07. The third-order valence-electron chi connectivity index (χ3n) is 3.88. The summed E-state index contributed by atoms with van der Waals surface area (Å²) in [6, 6.07) is 16.2. The van der Waals surface area contributed by atoms with Gasteiger partial charge in [-0.05, 0) is 24.1 Å². The molecule has 0 fully saturated rings. The van der Waals surface area contributed by atoms with Gasteiger partial charge in [0.2, 0.25) is 0 Å². The minimum atomic E-state index is -1.13. The maximum absolute atomic E-state index is 13.7. The Morgan fingerprint density at radius 1 is 1.10 bits per heavy atom. The summed E-state index contributed by atoms with van der Waals surface area (Å²) in [6.07, 6.45) is 0.926. The van der Waals surface area contributed by atoms with Crippen LogP contribution < -0.4 is 0 Å². The van der Waals surface area contributed by atoms with Crippen LogP contribution in [-0.4, -0.2) is 5.11 Å². The van der Waals surface area contributed by atoms with Crippen LogP contribution in [0.5, 0.6) is 0 Å². The second-order valence-corrected chi connectivity index (χ2v) is 5.32. The molecule has 0 radical (unpaired) electrons. The Morgan fingerprint density at radius 2 is 1.86 bits per heavy atom. The average molecular weight is 284 g/mol. The normalized spacial score (nSPS) is 14.2. The molecule has 3 rings (SSSR count). The molecule has 0 bridgehead atoms.